The van der Waals surface area contributed by atoms with E-state index in [1.807, 2.05) is 31.2 Å². The second kappa shape index (κ2) is 12.2. The van der Waals surface area contributed by atoms with Crippen molar-refractivity contribution in [2.24, 2.45) is 5.10 Å². The zero-order valence-electron chi connectivity index (χ0n) is 20.6. The first-order valence-electron chi connectivity index (χ1n) is 11.7. The van der Waals surface area contributed by atoms with E-state index in [0.717, 1.165) is 16.3 Å². The van der Waals surface area contributed by atoms with E-state index < -0.39 is 11.8 Å². The van der Waals surface area contributed by atoms with Crippen LogP contribution in [0.5, 0.6) is 17.2 Å². The molecule has 188 valence electrons. The number of anilines is 1. The summed E-state index contributed by atoms with van der Waals surface area (Å²) in [5, 5.41) is 8.69. The zero-order chi connectivity index (χ0) is 26.0. The van der Waals surface area contributed by atoms with E-state index >= 15 is 0 Å². The van der Waals surface area contributed by atoms with E-state index in [1.54, 1.807) is 49.6 Å². The molecule has 0 aromatic heterocycles. The van der Waals surface area contributed by atoms with Crippen LogP contribution in [0.25, 0.3) is 10.8 Å². The van der Waals surface area contributed by atoms with Gasteiger partial charge in [-0.05, 0) is 59.2 Å². The number of carbonyl (C=O) groups excluding carboxylic acids is 2. The molecule has 0 aliphatic carbocycles. The van der Waals surface area contributed by atoms with Crippen LogP contribution in [0, 0.1) is 0 Å². The van der Waals surface area contributed by atoms with E-state index in [2.05, 4.69) is 34.0 Å². The van der Waals surface area contributed by atoms with Gasteiger partial charge in [-0.1, -0.05) is 54.6 Å². The van der Waals surface area contributed by atoms with E-state index in [1.165, 1.54) is 6.21 Å². The predicted octanol–water partition coefficient (Wildman–Crippen LogP) is 4.91. The number of hydrogen-bond acceptors (Lipinski definition) is 6. The number of hydrogen-bond donors (Lipinski definition) is 2. The summed E-state index contributed by atoms with van der Waals surface area (Å²) in [5.41, 5.74) is 4.34. The van der Waals surface area contributed by atoms with Gasteiger partial charge in [-0.25, -0.2) is 5.43 Å². The fourth-order valence-corrected chi connectivity index (χ4v) is 3.70. The Kier molecular flexibility index (Phi) is 8.33. The Hall–Kier alpha value is -4.85. The van der Waals surface area contributed by atoms with Crippen LogP contribution in [0.15, 0.2) is 90.0 Å². The van der Waals surface area contributed by atoms with Gasteiger partial charge in [0.25, 0.3) is 0 Å². The second-order valence-corrected chi connectivity index (χ2v) is 7.92. The molecule has 0 radical (unpaired) electrons. The molecule has 0 aliphatic rings. The van der Waals surface area contributed by atoms with Crippen molar-refractivity contribution in [3.63, 3.8) is 0 Å². The SMILES string of the molecule is CCOc1ccccc1NC(=O)C(=O)NN=Cc1ccc(OCc2cccc3ccccc23)c(OC)c1. The summed E-state index contributed by atoms with van der Waals surface area (Å²) in [6, 6.07) is 26.4. The molecule has 37 heavy (non-hydrogen) atoms. The maximum absolute atomic E-state index is 12.2. The summed E-state index contributed by atoms with van der Waals surface area (Å²) >= 11 is 0. The van der Waals surface area contributed by atoms with Gasteiger partial charge in [0.2, 0.25) is 0 Å². The van der Waals surface area contributed by atoms with Crippen LogP contribution in [-0.4, -0.2) is 31.7 Å². The normalized spacial score (nSPS) is 10.8. The first-order valence-corrected chi connectivity index (χ1v) is 11.7. The predicted molar refractivity (Wildman–Crippen MR) is 143 cm³/mol. The Labute approximate surface area is 214 Å². The lowest BCUT2D eigenvalue weighted by Crippen LogP contribution is -2.32. The first-order chi connectivity index (χ1) is 18.1. The average molecular weight is 498 g/mol. The number of hydrazone groups is 1. The number of methoxy groups -OCH3 is 1. The molecule has 4 aromatic carbocycles. The van der Waals surface area contributed by atoms with Crippen LogP contribution in [0.3, 0.4) is 0 Å². The standard InChI is InChI=1S/C29H27N3O5/c1-3-36-25-14-7-6-13-24(25)31-28(33)29(34)32-30-18-20-15-16-26(27(17-20)35-2)37-19-22-11-8-10-21-9-4-5-12-23(21)22/h4-18H,3,19H2,1-2H3,(H,31,33)(H,32,34). The molecule has 2 amide bonds. The lowest BCUT2D eigenvalue weighted by Gasteiger charge is -2.12. The highest BCUT2D eigenvalue weighted by atomic mass is 16.5. The third-order valence-electron chi connectivity index (χ3n) is 5.47. The molecular formula is C29H27N3O5. The highest BCUT2D eigenvalue weighted by Gasteiger charge is 2.15. The summed E-state index contributed by atoms with van der Waals surface area (Å²) in [6.07, 6.45) is 1.41. The van der Waals surface area contributed by atoms with Crippen molar-refractivity contribution in [3.05, 3.63) is 96.1 Å². The lowest BCUT2D eigenvalue weighted by molar-refractivity contribution is -0.136. The Morgan fingerprint density at radius 3 is 2.46 bits per heavy atom. The van der Waals surface area contributed by atoms with Crippen molar-refractivity contribution in [2.45, 2.75) is 13.5 Å². The van der Waals surface area contributed by atoms with E-state index in [9.17, 15) is 9.59 Å². The number of amides is 2. The van der Waals surface area contributed by atoms with Gasteiger partial charge < -0.3 is 19.5 Å². The molecule has 4 aromatic rings. The number of fused-ring (bicyclic) bond motifs is 1. The summed E-state index contributed by atoms with van der Waals surface area (Å²) in [6.45, 7) is 2.64. The molecule has 8 nitrogen and oxygen atoms in total. The van der Waals surface area contributed by atoms with Crippen molar-refractivity contribution in [1.82, 2.24) is 5.43 Å². The van der Waals surface area contributed by atoms with Gasteiger partial charge in [0, 0.05) is 0 Å². The van der Waals surface area contributed by atoms with Crippen LogP contribution in [0.4, 0.5) is 5.69 Å². The zero-order valence-corrected chi connectivity index (χ0v) is 20.6. The molecule has 8 heteroatoms. The van der Waals surface area contributed by atoms with Crippen molar-refractivity contribution in [2.75, 3.05) is 19.0 Å². The molecule has 0 heterocycles. The van der Waals surface area contributed by atoms with Crippen molar-refractivity contribution in [3.8, 4) is 17.2 Å². The van der Waals surface area contributed by atoms with Crippen LogP contribution >= 0.6 is 0 Å². The minimum Gasteiger partial charge on any atom is -0.493 e. The Balaban J connectivity index is 1.36. The second-order valence-electron chi connectivity index (χ2n) is 7.92. The van der Waals surface area contributed by atoms with Gasteiger partial charge in [-0.3, -0.25) is 9.59 Å². The van der Waals surface area contributed by atoms with E-state index in [4.69, 9.17) is 14.2 Å². The number of nitrogens with one attached hydrogen (secondary N) is 2. The van der Waals surface area contributed by atoms with Crippen molar-refractivity contribution < 1.29 is 23.8 Å². The summed E-state index contributed by atoms with van der Waals surface area (Å²) in [4.78, 5) is 24.4. The third-order valence-corrected chi connectivity index (χ3v) is 5.47. The molecular weight excluding hydrogens is 470 g/mol. The van der Waals surface area contributed by atoms with Crippen molar-refractivity contribution >= 4 is 34.5 Å². The minimum absolute atomic E-state index is 0.378. The minimum atomic E-state index is -0.912. The van der Waals surface area contributed by atoms with Crippen LogP contribution < -0.4 is 25.0 Å². The average Bonchev–Trinajstić information content (AvgIpc) is 2.93. The lowest BCUT2D eigenvalue weighted by atomic mass is 10.1. The molecule has 0 unspecified atom stereocenters. The Morgan fingerprint density at radius 1 is 0.838 bits per heavy atom. The fraction of sp³-hybridized carbons (Fsp3) is 0.138. The van der Waals surface area contributed by atoms with Crippen LogP contribution in [0.2, 0.25) is 0 Å². The molecule has 0 atom stereocenters. The van der Waals surface area contributed by atoms with Crippen LogP contribution in [0.1, 0.15) is 18.1 Å². The Morgan fingerprint density at radius 2 is 1.62 bits per heavy atom. The molecule has 0 saturated carbocycles. The number of rotatable bonds is 9. The molecule has 0 bridgehead atoms. The quantitative estimate of drug-likeness (QED) is 0.194. The van der Waals surface area contributed by atoms with Gasteiger partial charge in [-0.2, -0.15) is 5.10 Å². The highest BCUT2D eigenvalue weighted by Crippen LogP contribution is 2.29. The molecule has 0 spiro atoms. The topological polar surface area (TPSA) is 98.2 Å². The van der Waals surface area contributed by atoms with Gasteiger partial charge in [0.1, 0.15) is 12.4 Å². The fourth-order valence-electron chi connectivity index (χ4n) is 3.70. The van der Waals surface area contributed by atoms with E-state index in [-0.39, 0.29) is 0 Å². The van der Waals surface area contributed by atoms with E-state index in [0.29, 0.717) is 41.7 Å². The Bertz CT molecular complexity index is 1430. The summed E-state index contributed by atoms with van der Waals surface area (Å²) in [7, 11) is 1.55. The molecule has 4 rings (SSSR count). The summed E-state index contributed by atoms with van der Waals surface area (Å²) in [5.74, 6) is -0.210. The molecule has 0 fully saturated rings. The maximum Gasteiger partial charge on any atom is 0.329 e. The van der Waals surface area contributed by atoms with Crippen molar-refractivity contribution in [1.29, 1.82) is 0 Å². The molecule has 0 aliphatic heterocycles. The van der Waals surface area contributed by atoms with Gasteiger partial charge >= 0.3 is 11.8 Å². The molecule has 2 N–H and O–H groups in total. The van der Waals surface area contributed by atoms with Gasteiger partial charge in [0.15, 0.2) is 11.5 Å². The molecule has 0 saturated heterocycles. The number of ether oxygens (including phenoxy) is 3. The third kappa shape index (κ3) is 6.43. The van der Waals surface area contributed by atoms with Crippen LogP contribution in [-0.2, 0) is 16.2 Å². The first kappa shape index (κ1) is 25.2. The highest BCUT2D eigenvalue weighted by molar-refractivity contribution is 6.39. The monoisotopic (exact) mass is 497 g/mol. The number of carbonyl (C=O) groups is 2. The smallest absolute Gasteiger partial charge is 0.329 e. The number of para-hydroxylation sites is 2. The number of nitrogens with zero attached hydrogens (tertiary/aromatic N) is 1. The summed E-state index contributed by atoms with van der Waals surface area (Å²) < 4.78 is 17.0. The van der Waals surface area contributed by atoms with Gasteiger partial charge in [0.05, 0.1) is 25.6 Å². The largest absolute Gasteiger partial charge is 0.493 e. The maximum atomic E-state index is 12.2. The number of benzene rings is 4. The van der Waals surface area contributed by atoms with Gasteiger partial charge in [-0.15, -0.1) is 0 Å².